The van der Waals surface area contributed by atoms with Gasteiger partial charge in [0.25, 0.3) is 0 Å². The summed E-state index contributed by atoms with van der Waals surface area (Å²) in [6.07, 6.45) is 2.69. The van der Waals surface area contributed by atoms with Gasteiger partial charge in [-0.25, -0.2) is 9.97 Å². The Bertz CT molecular complexity index is 555. The van der Waals surface area contributed by atoms with Crippen molar-refractivity contribution in [3.63, 3.8) is 0 Å². The van der Waals surface area contributed by atoms with Crippen LogP contribution in [0.3, 0.4) is 0 Å². The monoisotopic (exact) mass is 258 g/mol. The zero-order valence-electron chi connectivity index (χ0n) is 10.4. The number of amidine groups is 1. The average Bonchev–Trinajstić information content (AvgIpc) is 2.48. The molecule has 6 heteroatoms. The molecule has 0 fully saturated rings. The number of nitrogens with two attached hydrogens (primary N) is 1. The van der Waals surface area contributed by atoms with E-state index in [2.05, 4.69) is 15.1 Å². The third kappa shape index (κ3) is 3.19. The minimum atomic E-state index is -0.134. The smallest absolute Gasteiger partial charge is 0.232 e. The van der Waals surface area contributed by atoms with Crippen LogP contribution >= 0.6 is 0 Å². The van der Waals surface area contributed by atoms with Crippen LogP contribution < -0.4 is 10.5 Å². The highest BCUT2D eigenvalue weighted by Gasteiger charge is 2.08. The van der Waals surface area contributed by atoms with Gasteiger partial charge in [0.15, 0.2) is 5.84 Å². The molecular formula is C13H14N4O2. The first kappa shape index (κ1) is 12.8. The van der Waals surface area contributed by atoms with Crippen molar-refractivity contribution in [3.05, 3.63) is 54.0 Å². The van der Waals surface area contributed by atoms with Crippen LogP contribution in [0.15, 0.2) is 47.9 Å². The van der Waals surface area contributed by atoms with Crippen molar-refractivity contribution in [2.24, 2.45) is 10.9 Å². The minimum absolute atomic E-state index is 0.0878. The first-order chi connectivity index (χ1) is 9.20. The molecule has 1 unspecified atom stereocenters. The first-order valence-corrected chi connectivity index (χ1v) is 5.72. The number of hydrogen-bond donors (Lipinski definition) is 2. The molecule has 98 valence electrons. The summed E-state index contributed by atoms with van der Waals surface area (Å²) in [4.78, 5) is 8.05. The molecule has 3 N–H and O–H groups in total. The van der Waals surface area contributed by atoms with Gasteiger partial charge in [-0.2, -0.15) is 0 Å². The van der Waals surface area contributed by atoms with E-state index < -0.39 is 0 Å². The van der Waals surface area contributed by atoms with Crippen molar-refractivity contribution >= 4 is 5.84 Å². The summed E-state index contributed by atoms with van der Waals surface area (Å²) in [6, 6.07) is 9.79. The number of ether oxygens (including phenoxy) is 1. The maximum Gasteiger partial charge on any atom is 0.232 e. The van der Waals surface area contributed by atoms with Crippen molar-refractivity contribution in [1.82, 2.24) is 9.97 Å². The van der Waals surface area contributed by atoms with Crippen LogP contribution in [0.1, 0.15) is 24.3 Å². The summed E-state index contributed by atoms with van der Waals surface area (Å²) >= 11 is 0. The fourth-order valence-electron chi connectivity index (χ4n) is 1.53. The summed E-state index contributed by atoms with van der Waals surface area (Å²) < 4.78 is 5.65. The van der Waals surface area contributed by atoms with Crippen molar-refractivity contribution < 1.29 is 9.94 Å². The van der Waals surface area contributed by atoms with Crippen molar-refractivity contribution in [2.75, 3.05) is 0 Å². The Morgan fingerprint density at radius 2 is 2.00 bits per heavy atom. The quantitative estimate of drug-likeness (QED) is 0.377. The predicted molar refractivity (Wildman–Crippen MR) is 70.0 cm³/mol. The second-order valence-corrected chi connectivity index (χ2v) is 3.90. The van der Waals surface area contributed by atoms with E-state index in [0.29, 0.717) is 11.6 Å². The molecular weight excluding hydrogens is 244 g/mol. The highest BCUT2D eigenvalue weighted by molar-refractivity contribution is 5.94. The Kier molecular flexibility index (Phi) is 3.92. The van der Waals surface area contributed by atoms with Gasteiger partial charge in [0, 0.05) is 0 Å². The molecule has 6 nitrogen and oxygen atoms in total. The van der Waals surface area contributed by atoms with Gasteiger partial charge in [0.2, 0.25) is 5.88 Å². The lowest BCUT2D eigenvalue weighted by Gasteiger charge is -2.13. The highest BCUT2D eigenvalue weighted by atomic mass is 16.5. The zero-order valence-corrected chi connectivity index (χ0v) is 10.4. The standard InChI is InChI=1S/C13H14N4O2/c1-9(10-5-3-2-4-6-10)19-12-8-15-11(7-16-12)13(14)17-18/h2-9,18H,1H3,(H2,14,17). The number of nitrogens with zero attached hydrogens (tertiary/aromatic N) is 3. The lowest BCUT2D eigenvalue weighted by atomic mass is 10.1. The molecule has 19 heavy (non-hydrogen) atoms. The number of hydrogen-bond acceptors (Lipinski definition) is 5. The molecule has 0 radical (unpaired) electrons. The van der Waals surface area contributed by atoms with E-state index in [9.17, 15) is 0 Å². The van der Waals surface area contributed by atoms with Crippen LogP contribution in [0.2, 0.25) is 0 Å². The molecule has 2 rings (SSSR count). The van der Waals surface area contributed by atoms with Crippen LogP contribution in [-0.2, 0) is 0 Å². The molecule has 0 aliphatic rings. The fourth-order valence-corrected chi connectivity index (χ4v) is 1.53. The van der Waals surface area contributed by atoms with Gasteiger partial charge >= 0.3 is 0 Å². The van der Waals surface area contributed by atoms with Crippen LogP contribution in [0.25, 0.3) is 0 Å². The molecule has 2 aromatic rings. The molecule has 0 aliphatic heterocycles. The van der Waals surface area contributed by atoms with Crippen LogP contribution in [-0.4, -0.2) is 21.0 Å². The summed E-state index contributed by atoms with van der Waals surface area (Å²) in [5.41, 5.74) is 6.73. The highest BCUT2D eigenvalue weighted by Crippen LogP contribution is 2.18. The van der Waals surface area contributed by atoms with E-state index in [1.807, 2.05) is 37.3 Å². The Morgan fingerprint density at radius 3 is 2.58 bits per heavy atom. The van der Waals surface area contributed by atoms with Gasteiger partial charge in [0.1, 0.15) is 11.8 Å². The second-order valence-electron chi connectivity index (χ2n) is 3.90. The Hall–Kier alpha value is -2.63. The summed E-state index contributed by atoms with van der Waals surface area (Å²) in [5, 5.41) is 11.4. The number of benzene rings is 1. The van der Waals surface area contributed by atoms with Gasteiger partial charge in [-0.1, -0.05) is 35.5 Å². The Balaban J connectivity index is 2.08. The van der Waals surface area contributed by atoms with Gasteiger partial charge in [-0.15, -0.1) is 0 Å². The Morgan fingerprint density at radius 1 is 1.26 bits per heavy atom. The molecule has 0 aliphatic carbocycles. The molecule has 0 saturated carbocycles. The van der Waals surface area contributed by atoms with Crippen molar-refractivity contribution in [3.8, 4) is 5.88 Å². The normalized spacial score (nSPS) is 13.0. The molecule has 0 amide bonds. The van der Waals surface area contributed by atoms with E-state index in [1.165, 1.54) is 12.4 Å². The third-order valence-electron chi connectivity index (χ3n) is 2.56. The van der Waals surface area contributed by atoms with Gasteiger partial charge < -0.3 is 15.7 Å². The minimum Gasteiger partial charge on any atom is -0.469 e. The van der Waals surface area contributed by atoms with Crippen LogP contribution in [0, 0.1) is 0 Å². The fraction of sp³-hybridized carbons (Fsp3) is 0.154. The van der Waals surface area contributed by atoms with E-state index in [1.54, 1.807) is 0 Å². The van der Waals surface area contributed by atoms with Crippen molar-refractivity contribution in [2.45, 2.75) is 13.0 Å². The molecule has 1 aromatic carbocycles. The number of rotatable bonds is 4. The average molecular weight is 258 g/mol. The Labute approximate surface area is 110 Å². The van der Waals surface area contributed by atoms with E-state index in [4.69, 9.17) is 15.7 Å². The largest absolute Gasteiger partial charge is 0.469 e. The lowest BCUT2D eigenvalue weighted by molar-refractivity contribution is 0.216. The van der Waals surface area contributed by atoms with E-state index in [-0.39, 0.29) is 11.9 Å². The lowest BCUT2D eigenvalue weighted by Crippen LogP contribution is -2.15. The number of oxime groups is 1. The SMILES string of the molecule is CC(Oc1cnc(C(N)=NO)cn1)c1ccccc1. The maximum atomic E-state index is 8.52. The van der Waals surface area contributed by atoms with E-state index in [0.717, 1.165) is 5.56 Å². The van der Waals surface area contributed by atoms with Gasteiger partial charge in [-0.3, -0.25) is 0 Å². The maximum absolute atomic E-state index is 8.52. The molecule has 1 heterocycles. The summed E-state index contributed by atoms with van der Waals surface area (Å²) in [5.74, 6) is 0.293. The topological polar surface area (TPSA) is 93.6 Å². The van der Waals surface area contributed by atoms with Gasteiger partial charge in [-0.05, 0) is 12.5 Å². The third-order valence-corrected chi connectivity index (χ3v) is 2.56. The molecule has 0 bridgehead atoms. The predicted octanol–water partition coefficient (Wildman–Crippen LogP) is 1.71. The zero-order chi connectivity index (χ0) is 13.7. The number of aromatic nitrogens is 2. The summed E-state index contributed by atoms with van der Waals surface area (Å²) in [7, 11) is 0. The second kappa shape index (κ2) is 5.81. The van der Waals surface area contributed by atoms with Crippen LogP contribution in [0.4, 0.5) is 0 Å². The molecule has 0 saturated heterocycles. The van der Waals surface area contributed by atoms with Crippen molar-refractivity contribution in [1.29, 1.82) is 0 Å². The first-order valence-electron chi connectivity index (χ1n) is 5.72. The molecule has 1 atom stereocenters. The summed E-state index contributed by atoms with van der Waals surface area (Å²) in [6.45, 7) is 1.93. The van der Waals surface area contributed by atoms with Gasteiger partial charge in [0.05, 0.1) is 12.4 Å². The molecule has 0 spiro atoms. The van der Waals surface area contributed by atoms with Crippen LogP contribution in [0.5, 0.6) is 5.88 Å². The van der Waals surface area contributed by atoms with E-state index >= 15 is 0 Å². The molecule has 1 aromatic heterocycles.